The molecule has 0 unspecified atom stereocenters. The fraction of sp³-hybridized carbons (Fsp3) is 0.375. The molecule has 0 N–H and O–H groups in total. The number of halogens is 1. The van der Waals surface area contributed by atoms with Crippen molar-refractivity contribution in [3.63, 3.8) is 0 Å². The molecule has 0 saturated carbocycles. The first-order valence-electron chi connectivity index (χ1n) is 7.94. The van der Waals surface area contributed by atoms with Crippen LogP contribution in [0.25, 0.3) is 22.6 Å². The highest BCUT2D eigenvalue weighted by Crippen LogP contribution is 2.30. The second kappa shape index (κ2) is 6.33. The van der Waals surface area contributed by atoms with Crippen LogP contribution in [-0.2, 0) is 11.3 Å². The lowest BCUT2D eigenvalue weighted by molar-refractivity contribution is 0.122. The summed E-state index contributed by atoms with van der Waals surface area (Å²) in [4.78, 5) is 19.9. The fourth-order valence-corrected chi connectivity index (χ4v) is 3.14. The minimum atomic E-state index is 0.236. The Labute approximate surface area is 144 Å². The second-order valence-corrected chi connectivity index (χ2v) is 5.84. The monoisotopic (exact) mass is 344 g/mol. The molecule has 7 nitrogen and oxygen atoms in total. The Morgan fingerprint density at radius 2 is 1.88 bits per heavy atom. The number of hydrogen-bond acceptors (Lipinski definition) is 6. The van der Waals surface area contributed by atoms with Gasteiger partial charge in [-0.1, -0.05) is 0 Å². The molecule has 0 spiro atoms. The quantitative estimate of drug-likeness (QED) is 0.679. The number of fused-ring (bicyclic) bond motifs is 1. The van der Waals surface area contributed by atoms with E-state index in [1.54, 1.807) is 12.4 Å². The molecule has 0 aliphatic carbocycles. The average Bonchev–Trinajstić information content (AvgIpc) is 3.01. The summed E-state index contributed by atoms with van der Waals surface area (Å²) in [5.74, 6) is 1.62. The molecule has 0 amide bonds. The number of nitrogens with zero attached hydrogens (tertiary/aromatic N) is 6. The molecule has 1 saturated heterocycles. The van der Waals surface area contributed by atoms with Crippen molar-refractivity contribution in [2.45, 2.75) is 13.5 Å². The van der Waals surface area contributed by atoms with Crippen LogP contribution in [0, 0.1) is 0 Å². The highest BCUT2D eigenvalue weighted by atomic mass is 35.5. The number of ether oxygens (including phenoxy) is 1. The van der Waals surface area contributed by atoms with Crippen molar-refractivity contribution < 1.29 is 4.74 Å². The summed E-state index contributed by atoms with van der Waals surface area (Å²) in [6.07, 6.45) is 3.52. The maximum Gasteiger partial charge on any atom is 0.226 e. The Hall–Kier alpha value is -2.25. The minimum absolute atomic E-state index is 0.236. The number of morpholine rings is 1. The molecule has 124 valence electrons. The number of hydrogen-bond donors (Lipinski definition) is 0. The molecule has 1 aliphatic rings. The van der Waals surface area contributed by atoms with Gasteiger partial charge in [-0.25, -0.2) is 4.98 Å². The third kappa shape index (κ3) is 2.59. The maximum atomic E-state index is 6.20. The summed E-state index contributed by atoms with van der Waals surface area (Å²) in [5.41, 5.74) is 2.52. The molecule has 24 heavy (non-hydrogen) atoms. The summed E-state index contributed by atoms with van der Waals surface area (Å²) >= 11 is 6.20. The summed E-state index contributed by atoms with van der Waals surface area (Å²) < 4.78 is 7.49. The van der Waals surface area contributed by atoms with Gasteiger partial charge in [0.15, 0.2) is 17.0 Å². The lowest BCUT2D eigenvalue weighted by Crippen LogP contribution is -2.37. The molecule has 3 aromatic rings. The molecule has 0 bridgehead atoms. The average molecular weight is 345 g/mol. The lowest BCUT2D eigenvalue weighted by atomic mass is 10.2. The van der Waals surface area contributed by atoms with Crippen LogP contribution in [0.5, 0.6) is 0 Å². The zero-order valence-electron chi connectivity index (χ0n) is 13.3. The molecule has 4 rings (SSSR count). The van der Waals surface area contributed by atoms with Gasteiger partial charge in [-0.05, 0) is 30.7 Å². The van der Waals surface area contributed by atoms with Gasteiger partial charge in [0.2, 0.25) is 5.28 Å². The Morgan fingerprint density at radius 1 is 1.12 bits per heavy atom. The van der Waals surface area contributed by atoms with Crippen LogP contribution in [0.3, 0.4) is 0 Å². The Balaban J connectivity index is 1.93. The third-order valence-corrected chi connectivity index (χ3v) is 4.28. The van der Waals surface area contributed by atoms with Gasteiger partial charge in [-0.2, -0.15) is 9.97 Å². The van der Waals surface area contributed by atoms with E-state index in [1.165, 1.54) is 0 Å². The number of aromatic nitrogens is 5. The lowest BCUT2D eigenvalue weighted by Gasteiger charge is -2.27. The van der Waals surface area contributed by atoms with E-state index in [0.717, 1.165) is 48.0 Å². The van der Waals surface area contributed by atoms with Gasteiger partial charge in [0.05, 0.1) is 13.2 Å². The molecule has 0 radical (unpaired) electrons. The maximum absolute atomic E-state index is 6.20. The van der Waals surface area contributed by atoms with Gasteiger partial charge >= 0.3 is 0 Å². The van der Waals surface area contributed by atoms with Crippen LogP contribution in [-0.4, -0.2) is 50.8 Å². The SMILES string of the molecule is CCn1c(-c2ccncc2)nc2c(N3CCOCC3)nc(Cl)nc21. The molecule has 0 aromatic carbocycles. The number of anilines is 1. The van der Waals surface area contributed by atoms with Crippen LogP contribution < -0.4 is 4.90 Å². The van der Waals surface area contributed by atoms with E-state index in [2.05, 4.69) is 31.3 Å². The van der Waals surface area contributed by atoms with Crippen molar-refractivity contribution in [2.75, 3.05) is 31.2 Å². The van der Waals surface area contributed by atoms with E-state index >= 15 is 0 Å². The Kier molecular flexibility index (Phi) is 4.03. The van der Waals surface area contributed by atoms with Crippen molar-refractivity contribution in [2.24, 2.45) is 0 Å². The zero-order valence-corrected chi connectivity index (χ0v) is 14.1. The van der Waals surface area contributed by atoms with E-state index in [1.807, 2.05) is 12.1 Å². The molecular weight excluding hydrogens is 328 g/mol. The van der Waals surface area contributed by atoms with Crippen LogP contribution in [0.2, 0.25) is 5.28 Å². The largest absolute Gasteiger partial charge is 0.378 e. The third-order valence-electron chi connectivity index (χ3n) is 4.11. The van der Waals surface area contributed by atoms with Crippen LogP contribution in [0.15, 0.2) is 24.5 Å². The van der Waals surface area contributed by atoms with Crippen LogP contribution >= 0.6 is 11.6 Å². The van der Waals surface area contributed by atoms with E-state index in [-0.39, 0.29) is 5.28 Å². The molecule has 3 aromatic heterocycles. The normalized spacial score (nSPS) is 15.2. The Bertz CT molecular complexity index is 860. The standard InChI is InChI=1S/C16H17ClN6O/c1-2-23-13(11-3-5-18-6-4-11)19-12-14(20-16(17)21-15(12)23)22-7-9-24-10-8-22/h3-6H,2,7-10H2,1H3. The Morgan fingerprint density at radius 3 is 2.58 bits per heavy atom. The van der Waals surface area contributed by atoms with E-state index in [9.17, 15) is 0 Å². The highest BCUT2D eigenvalue weighted by molar-refractivity contribution is 6.28. The van der Waals surface area contributed by atoms with Crippen molar-refractivity contribution >= 4 is 28.6 Å². The predicted molar refractivity (Wildman–Crippen MR) is 92.3 cm³/mol. The fourth-order valence-electron chi connectivity index (χ4n) is 2.98. The van der Waals surface area contributed by atoms with Crippen molar-refractivity contribution in [1.82, 2.24) is 24.5 Å². The van der Waals surface area contributed by atoms with Gasteiger partial charge in [-0.15, -0.1) is 0 Å². The summed E-state index contributed by atoms with van der Waals surface area (Å²) in [5, 5.41) is 0.236. The second-order valence-electron chi connectivity index (χ2n) is 5.50. The van der Waals surface area contributed by atoms with Gasteiger partial charge in [0.25, 0.3) is 0 Å². The molecule has 1 fully saturated rings. The van der Waals surface area contributed by atoms with Crippen molar-refractivity contribution in [3.8, 4) is 11.4 Å². The first-order chi connectivity index (χ1) is 11.8. The zero-order chi connectivity index (χ0) is 16.5. The van der Waals surface area contributed by atoms with Crippen molar-refractivity contribution in [1.29, 1.82) is 0 Å². The van der Waals surface area contributed by atoms with E-state index in [4.69, 9.17) is 21.3 Å². The molecule has 0 atom stereocenters. The summed E-state index contributed by atoms with van der Waals surface area (Å²) in [6, 6.07) is 3.88. The van der Waals surface area contributed by atoms with Crippen LogP contribution in [0.1, 0.15) is 6.92 Å². The first kappa shape index (κ1) is 15.3. The molecule has 1 aliphatic heterocycles. The first-order valence-corrected chi connectivity index (χ1v) is 8.32. The minimum Gasteiger partial charge on any atom is -0.378 e. The van der Waals surface area contributed by atoms with Crippen molar-refractivity contribution in [3.05, 3.63) is 29.8 Å². The van der Waals surface area contributed by atoms with E-state index < -0.39 is 0 Å². The van der Waals surface area contributed by atoms with Gasteiger partial charge in [-0.3, -0.25) is 4.98 Å². The number of aryl methyl sites for hydroxylation is 1. The molecule has 8 heteroatoms. The van der Waals surface area contributed by atoms with Crippen LogP contribution in [0.4, 0.5) is 5.82 Å². The predicted octanol–water partition coefficient (Wildman–Crippen LogP) is 2.40. The number of rotatable bonds is 3. The smallest absolute Gasteiger partial charge is 0.226 e. The molecular formula is C16H17ClN6O. The van der Waals surface area contributed by atoms with E-state index in [0.29, 0.717) is 13.2 Å². The summed E-state index contributed by atoms with van der Waals surface area (Å²) in [6.45, 7) is 5.70. The highest BCUT2D eigenvalue weighted by Gasteiger charge is 2.22. The van der Waals surface area contributed by atoms with Gasteiger partial charge in [0.1, 0.15) is 5.82 Å². The topological polar surface area (TPSA) is 69.0 Å². The number of imidazole rings is 1. The number of pyridine rings is 1. The molecule has 4 heterocycles. The summed E-state index contributed by atoms with van der Waals surface area (Å²) in [7, 11) is 0. The van der Waals surface area contributed by atoms with Gasteiger partial charge < -0.3 is 14.2 Å². The van der Waals surface area contributed by atoms with Gasteiger partial charge in [0, 0.05) is 37.6 Å².